The van der Waals surface area contributed by atoms with Gasteiger partial charge in [-0.05, 0) is 31.0 Å². The number of rotatable bonds is 2. The van der Waals surface area contributed by atoms with E-state index in [1.807, 2.05) is 18.2 Å². The number of nitrogens with two attached hydrogens (primary N) is 1. The Morgan fingerprint density at radius 2 is 2.19 bits per heavy atom. The van der Waals surface area contributed by atoms with E-state index >= 15 is 0 Å². The summed E-state index contributed by atoms with van der Waals surface area (Å²) in [5.41, 5.74) is 8.49. The molecule has 1 aromatic carbocycles. The van der Waals surface area contributed by atoms with Gasteiger partial charge in [0.25, 0.3) is 0 Å². The zero-order valence-electron chi connectivity index (χ0n) is 11.5. The fourth-order valence-corrected chi connectivity index (χ4v) is 3.04. The molecule has 0 fully saturated rings. The third kappa shape index (κ3) is 2.19. The lowest BCUT2D eigenvalue weighted by Crippen LogP contribution is -2.26. The molecule has 5 nitrogen and oxygen atoms in total. The van der Waals surface area contributed by atoms with Crippen LogP contribution in [0.4, 0.5) is 11.5 Å². The van der Waals surface area contributed by atoms with Gasteiger partial charge < -0.3 is 15.8 Å². The smallest absolute Gasteiger partial charge is 0.171 e. The highest BCUT2D eigenvalue weighted by atomic mass is 35.5. The van der Waals surface area contributed by atoms with E-state index in [2.05, 4.69) is 28.0 Å². The molecular formula is C15H15ClN4O. The quantitative estimate of drug-likeness (QED) is 0.387. The van der Waals surface area contributed by atoms with Crippen molar-refractivity contribution in [3.8, 4) is 0 Å². The molecule has 1 aliphatic rings. The van der Waals surface area contributed by atoms with Crippen molar-refractivity contribution in [2.24, 2.45) is 10.9 Å². The van der Waals surface area contributed by atoms with Crippen LogP contribution in [0.15, 0.2) is 41.7 Å². The molecule has 6 heteroatoms. The maximum absolute atomic E-state index is 8.85. The Morgan fingerprint density at radius 1 is 1.43 bits per heavy atom. The Balaban J connectivity index is 2.14. The summed E-state index contributed by atoms with van der Waals surface area (Å²) in [5.74, 6) is 0.599. The number of aromatic nitrogens is 1. The first-order valence-corrected chi connectivity index (χ1v) is 7.00. The molecule has 3 N–H and O–H groups in total. The van der Waals surface area contributed by atoms with Crippen molar-refractivity contribution in [3.05, 3.63) is 52.7 Å². The maximum Gasteiger partial charge on any atom is 0.171 e. The summed E-state index contributed by atoms with van der Waals surface area (Å²) in [5, 5.41) is 12.2. The molecule has 0 saturated carbocycles. The molecule has 0 bridgehead atoms. The predicted octanol–water partition coefficient (Wildman–Crippen LogP) is 2.91. The van der Waals surface area contributed by atoms with Gasteiger partial charge in [0, 0.05) is 23.5 Å². The van der Waals surface area contributed by atoms with Crippen molar-refractivity contribution in [2.75, 3.05) is 4.90 Å². The van der Waals surface area contributed by atoms with Crippen LogP contribution >= 0.6 is 11.6 Å². The number of benzene rings is 1. The molecule has 21 heavy (non-hydrogen) atoms. The molecular weight excluding hydrogens is 288 g/mol. The topological polar surface area (TPSA) is 74.7 Å². The molecule has 1 atom stereocenters. The second-order valence-electron chi connectivity index (χ2n) is 5.03. The van der Waals surface area contributed by atoms with Crippen LogP contribution in [0, 0.1) is 0 Å². The monoisotopic (exact) mass is 302 g/mol. The van der Waals surface area contributed by atoms with E-state index in [9.17, 15) is 0 Å². The summed E-state index contributed by atoms with van der Waals surface area (Å²) in [7, 11) is 0. The van der Waals surface area contributed by atoms with E-state index in [4.69, 9.17) is 22.5 Å². The number of anilines is 2. The molecule has 3 rings (SSSR count). The van der Waals surface area contributed by atoms with Crippen LogP contribution in [-0.2, 0) is 6.42 Å². The summed E-state index contributed by atoms with van der Waals surface area (Å²) in [6.07, 6.45) is 2.55. The second-order valence-corrected chi connectivity index (χ2v) is 5.41. The first-order chi connectivity index (χ1) is 10.1. The molecule has 0 aliphatic carbocycles. The van der Waals surface area contributed by atoms with Gasteiger partial charge in [-0.1, -0.05) is 35.0 Å². The van der Waals surface area contributed by atoms with Crippen molar-refractivity contribution in [1.29, 1.82) is 0 Å². The number of pyridine rings is 1. The van der Waals surface area contributed by atoms with Gasteiger partial charge in [-0.2, -0.15) is 0 Å². The van der Waals surface area contributed by atoms with E-state index < -0.39 is 0 Å². The minimum Gasteiger partial charge on any atom is -0.409 e. The minimum atomic E-state index is -0.0243. The van der Waals surface area contributed by atoms with Crippen molar-refractivity contribution in [2.45, 2.75) is 19.4 Å². The first-order valence-electron chi connectivity index (χ1n) is 6.63. The van der Waals surface area contributed by atoms with Gasteiger partial charge in [0.15, 0.2) is 11.7 Å². The van der Waals surface area contributed by atoms with E-state index in [-0.39, 0.29) is 11.9 Å². The molecule has 0 saturated heterocycles. The number of oxime groups is 1. The summed E-state index contributed by atoms with van der Waals surface area (Å²) in [4.78, 5) is 6.48. The largest absolute Gasteiger partial charge is 0.409 e. The second kappa shape index (κ2) is 5.26. The molecule has 0 amide bonds. The number of hydrogen-bond acceptors (Lipinski definition) is 4. The summed E-state index contributed by atoms with van der Waals surface area (Å²) in [6, 6.07) is 10.0. The van der Waals surface area contributed by atoms with E-state index in [0.29, 0.717) is 16.4 Å². The SMILES string of the molecule is CC1Cc2ccccc2N1c1nccc(/C(N)=N/O)c1Cl. The van der Waals surface area contributed by atoms with Crippen LogP contribution in [0.5, 0.6) is 0 Å². The highest BCUT2D eigenvalue weighted by Crippen LogP contribution is 2.40. The van der Waals surface area contributed by atoms with Crippen LogP contribution in [0.2, 0.25) is 5.02 Å². The summed E-state index contributed by atoms with van der Waals surface area (Å²) < 4.78 is 0. The van der Waals surface area contributed by atoms with Gasteiger partial charge in [-0.3, -0.25) is 0 Å². The normalized spacial score (nSPS) is 17.9. The average molecular weight is 303 g/mol. The zero-order valence-corrected chi connectivity index (χ0v) is 12.2. The molecule has 1 aliphatic heterocycles. The molecule has 2 heterocycles. The number of hydrogen-bond donors (Lipinski definition) is 2. The van der Waals surface area contributed by atoms with Crippen LogP contribution in [-0.4, -0.2) is 22.1 Å². The fraction of sp³-hybridized carbons (Fsp3) is 0.200. The lowest BCUT2D eigenvalue weighted by atomic mass is 10.1. The fourth-order valence-electron chi connectivity index (χ4n) is 2.74. The van der Waals surface area contributed by atoms with Crippen LogP contribution < -0.4 is 10.6 Å². The third-order valence-corrected chi connectivity index (χ3v) is 4.06. The minimum absolute atomic E-state index is 0.0243. The summed E-state index contributed by atoms with van der Waals surface area (Å²) >= 11 is 6.42. The Morgan fingerprint density at radius 3 is 2.95 bits per heavy atom. The molecule has 108 valence electrons. The van der Waals surface area contributed by atoms with E-state index in [1.54, 1.807) is 12.3 Å². The molecule has 0 spiro atoms. The Bertz CT molecular complexity index is 717. The van der Waals surface area contributed by atoms with Crippen molar-refractivity contribution < 1.29 is 5.21 Å². The number of nitrogens with zero attached hydrogens (tertiary/aromatic N) is 3. The first kappa shape index (κ1) is 13.7. The Hall–Kier alpha value is -2.27. The average Bonchev–Trinajstić information content (AvgIpc) is 2.83. The van der Waals surface area contributed by atoms with Gasteiger partial charge in [0.1, 0.15) is 0 Å². The lowest BCUT2D eigenvalue weighted by molar-refractivity contribution is 0.318. The van der Waals surface area contributed by atoms with Crippen LogP contribution in [0.3, 0.4) is 0 Å². The standard InChI is InChI=1S/C15H15ClN4O/c1-9-8-10-4-2-3-5-12(10)20(9)15-13(16)11(6-7-18-15)14(17)19-21/h2-7,9,21H,8H2,1H3,(H2,17,19). The van der Waals surface area contributed by atoms with E-state index in [1.165, 1.54) is 5.56 Å². The van der Waals surface area contributed by atoms with Crippen molar-refractivity contribution in [3.63, 3.8) is 0 Å². The van der Waals surface area contributed by atoms with Crippen molar-refractivity contribution in [1.82, 2.24) is 4.98 Å². The van der Waals surface area contributed by atoms with Crippen LogP contribution in [0.1, 0.15) is 18.1 Å². The number of amidine groups is 1. The number of para-hydroxylation sites is 1. The lowest BCUT2D eigenvalue weighted by Gasteiger charge is -2.25. The van der Waals surface area contributed by atoms with Crippen LogP contribution in [0.25, 0.3) is 0 Å². The van der Waals surface area contributed by atoms with E-state index in [0.717, 1.165) is 12.1 Å². The maximum atomic E-state index is 8.85. The van der Waals surface area contributed by atoms with Gasteiger partial charge in [-0.25, -0.2) is 4.98 Å². The van der Waals surface area contributed by atoms with Crippen molar-refractivity contribution >= 4 is 28.9 Å². The Labute approximate surface area is 127 Å². The molecule has 0 radical (unpaired) electrons. The number of fused-ring (bicyclic) bond motifs is 1. The summed E-state index contributed by atoms with van der Waals surface area (Å²) in [6.45, 7) is 2.12. The zero-order chi connectivity index (χ0) is 15.0. The third-order valence-electron chi connectivity index (χ3n) is 3.69. The van der Waals surface area contributed by atoms with Gasteiger partial charge in [-0.15, -0.1) is 0 Å². The molecule has 1 aromatic heterocycles. The number of halogens is 1. The molecule has 2 aromatic rings. The van der Waals surface area contributed by atoms with Gasteiger partial charge in [0.2, 0.25) is 0 Å². The highest BCUT2D eigenvalue weighted by Gasteiger charge is 2.30. The molecule has 1 unspecified atom stereocenters. The predicted molar refractivity (Wildman–Crippen MR) is 83.5 cm³/mol. The van der Waals surface area contributed by atoms with Gasteiger partial charge >= 0.3 is 0 Å². The van der Waals surface area contributed by atoms with Gasteiger partial charge in [0.05, 0.1) is 5.02 Å². The highest BCUT2D eigenvalue weighted by molar-refractivity contribution is 6.36. The Kier molecular flexibility index (Phi) is 3.43.